The van der Waals surface area contributed by atoms with E-state index in [9.17, 15) is 34.2 Å². The summed E-state index contributed by atoms with van der Waals surface area (Å²) in [5.74, 6) is -5.00. The minimum Gasteiger partial charge on any atom is -0.480 e. The summed E-state index contributed by atoms with van der Waals surface area (Å²) >= 11 is 4.05. The molecule has 0 spiro atoms. The SMILES string of the molecule is CC(O)C(NC(=O)C(N)CC(N)=O)C(=O)NC(CS)C(=O)NC(Cc1c[nH]c2ccccc12)C(=O)O. The predicted molar refractivity (Wildman–Crippen MR) is 133 cm³/mol. The molecule has 0 aliphatic carbocycles. The number of aliphatic hydroxyl groups excluding tert-OH is 1. The number of aromatic nitrogens is 1. The first-order valence-electron chi connectivity index (χ1n) is 11.0. The summed E-state index contributed by atoms with van der Waals surface area (Å²) in [6.07, 6.45) is -0.243. The Bertz CT molecular complexity index is 1120. The fourth-order valence-corrected chi connectivity index (χ4v) is 3.68. The molecule has 0 fully saturated rings. The monoisotopic (exact) mass is 522 g/mol. The molecular weight excluding hydrogens is 492 g/mol. The topological polar surface area (TPSA) is 230 Å². The minimum atomic E-state index is -1.52. The third-order valence-corrected chi connectivity index (χ3v) is 5.71. The maximum absolute atomic E-state index is 12.8. The van der Waals surface area contributed by atoms with Crippen LogP contribution >= 0.6 is 12.6 Å². The van der Waals surface area contributed by atoms with Gasteiger partial charge in [-0.25, -0.2) is 4.79 Å². The van der Waals surface area contributed by atoms with E-state index in [2.05, 4.69) is 33.6 Å². The van der Waals surface area contributed by atoms with Crippen molar-refractivity contribution in [3.8, 4) is 0 Å². The van der Waals surface area contributed by atoms with E-state index in [4.69, 9.17) is 11.5 Å². The summed E-state index contributed by atoms with van der Waals surface area (Å²) in [7, 11) is 0. The van der Waals surface area contributed by atoms with Gasteiger partial charge in [-0.2, -0.15) is 12.6 Å². The quantitative estimate of drug-likeness (QED) is 0.130. The first-order chi connectivity index (χ1) is 16.9. The molecule has 0 aliphatic rings. The fraction of sp³-hybridized carbons (Fsp3) is 0.409. The van der Waals surface area contributed by atoms with Crippen LogP contribution in [0.15, 0.2) is 30.5 Å². The lowest BCUT2D eigenvalue weighted by molar-refractivity contribution is -0.142. The first-order valence-corrected chi connectivity index (χ1v) is 11.6. The number of primary amides is 1. The number of carboxylic acids is 1. The second-order valence-corrected chi connectivity index (χ2v) is 8.58. The molecule has 0 radical (unpaired) electrons. The Labute approximate surface area is 211 Å². The third-order valence-electron chi connectivity index (χ3n) is 5.35. The number of amides is 4. The highest BCUT2D eigenvalue weighted by atomic mass is 32.1. The normalized spacial score (nSPS) is 15.2. The fourth-order valence-electron chi connectivity index (χ4n) is 3.42. The number of nitrogens with one attached hydrogen (secondary N) is 4. The van der Waals surface area contributed by atoms with Crippen molar-refractivity contribution in [2.75, 3.05) is 5.75 Å². The molecule has 1 aromatic heterocycles. The van der Waals surface area contributed by atoms with Crippen molar-refractivity contribution in [3.05, 3.63) is 36.0 Å². The third kappa shape index (κ3) is 7.69. The Morgan fingerprint density at radius 1 is 1.03 bits per heavy atom. The number of carbonyl (C=O) groups excluding carboxylic acids is 4. The molecule has 0 saturated heterocycles. The van der Waals surface area contributed by atoms with Gasteiger partial charge in [0.25, 0.3) is 0 Å². The van der Waals surface area contributed by atoms with Gasteiger partial charge in [-0.15, -0.1) is 0 Å². The average Bonchev–Trinajstić information content (AvgIpc) is 3.22. The van der Waals surface area contributed by atoms with Crippen molar-refractivity contribution < 1.29 is 34.2 Å². The van der Waals surface area contributed by atoms with E-state index in [1.165, 1.54) is 6.92 Å². The van der Waals surface area contributed by atoms with E-state index in [1.807, 2.05) is 18.2 Å². The standard InChI is InChI=1S/C22H30N6O7S/c1-10(29)18(28-19(31)13(23)7-17(24)30)21(33)27-16(9-36)20(32)26-15(22(34)35)6-11-8-25-14-5-3-2-4-12(11)14/h2-5,8,10,13,15-16,18,25,29,36H,6-7,9,23H2,1H3,(H2,24,30)(H,26,32)(H,27,33)(H,28,31)(H,34,35). The van der Waals surface area contributed by atoms with E-state index < -0.39 is 66.3 Å². The predicted octanol–water partition coefficient (Wildman–Crippen LogP) is -2.24. The van der Waals surface area contributed by atoms with Crippen molar-refractivity contribution >= 4 is 53.1 Å². The highest BCUT2D eigenvalue weighted by molar-refractivity contribution is 7.80. The number of hydrogen-bond donors (Lipinski definition) is 9. The molecule has 10 N–H and O–H groups in total. The number of aromatic amines is 1. The molecule has 5 atom stereocenters. The maximum Gasteiger partial charge on any atom is 0.326 e. The number of benzene rings is 1. The zero-order chi connectivity index (χ0) is 27.0. The number of rotatable bonds is 13. The van der Waals surface area contributed by atoms with E-state index >= 15 is 0 Å². The van der Waals surface area contributed by atoms with Crippen LogP contribution in [0.4, 0.5) is 0 Å². The molecule has 0 bridgehead atoms. The number of carboxylic acid groups (broad SMARTS) is 1. The van der Waals surface area contributed by atoms with E-state index in [0.717, 1.165) is 10.9 Å². The van der Waals surface area contributed by atoms with Gasteiger partial charge in [0.05, 0.1) is 18.6 Å². The zero-order valence-electron chi connectivity index (χ0n) is 19.4. The molecule has 0 aliphatic heterocycles. The van der Waals surface area contributed by atoms with Crippen LogP contribution in [-0.4, -0.2) is 80.8 Å². The summed E-state index contributed by atoms with van der Waals surface area (Å²) in [6, 6.07) is 1.81. The number of fused-ring (bicyclic) bond motifs is 1. The van der Waals surface area contributed by atoms with Crippen molar-refractivity contribution in [2.24, 2.45) is 11.5 Å². The molecule has 14 heteroatoms. The lowest BCUT2D eigenvalue weighted by atomic mass is 10.0. The van der Waals surface area contributed by atoms with Gasteiger partial charge in [0.1, 0.15) is 18.1 Å². The number of nitrogens with two attached hydrogens (primary N) is 2. The molecule has 2 rings (SSSR count). The molecule has 196 valence electrons. The molecule has 36 heavy (non-hydrogen) atoms. The molecule has 4 amide bonds. The van der Waals surface area contributed by atoms with Gasteiger partial charge in [-0.1, -0.05) is 18.2 Å². The average molecular weight is 523 g/mol. The van der Waals surface area contributed by atoms with E-state index in [-0.39, 0.29) is 12.2 Å². The Morgan fingerprint density at radius 3 is 2.25 bits per heavy atom. The second kappa shape index (κ2) is 12.9. The lowest BCUT2D eigenvalue weighted by Crippen LogP contribution is -2.60. The highest BCUT2D eigenvalue weighted by Crippen LogP contribution is 2.19. The maximum atomic E-state index is 12.8. The van der Waals surface area contributed by atoms with Crippen molar-refractivity contribution in [3.63, 3.8) is 0 Å². The van der Waals surface area contributed by atoms with Crippen LogP contribution in [0.25, 0.3) is 10.9 Å². The largest absolute Gasteiger partial charge is 0.480 e. The molecule has 1 heterocycles. The summed E-state index contributed by atoms with van der Waals surface area (Å²) in [5, 5.41) is 27.3. The van der Waals surface area contributed by atoms with Crippen LogP contribution in [0.1, 0.15) is 18.9 Å². The number of aliphatic carboxylic acids is 1. The number of para-hydroxylation sites is 1. The summed E-state index contributed by atoms with van der Waals surface area (Å²) in [6.45, 7) is 1.22. The van der Waals surface area contributed by atoms with E-state index in [0.29, 0.717) is 5.56 Å². The van der Waals surface area contributed by atoms with Crippen LogP contribution in [0.2, 0.25) is 0 Å². The molecule has 2 aromatic rings. The number of thiol groups is 1. The van der Waals surface area contributed by atoms with Gasteiger partial charge in [0, 0.05) is 29.3 Å². The molecular formula is C22H30N6O7S. The van der Waals surface area contributed by atoms with Gasteiger partial charge < -0.3 is 42.6 Å². The Kier molecular flexibility index (Phi) is 10.3. The smallest absolute Gasteiger partial charge is 0.326 e. The molecule has 0 saturated carbocycles. The second-order valence-electron chi connectivity index (χ2n) is 8.21. The van der Waals surface area contributed by atoms with Crippen molar-refractivity contribution in [1.29, 1.82) is 0 Å². The zero-order valence-corrected chi connectivity index (χ0v) is 20.3. The van der Waals surface area contributed by atoms with Crippen LogP contribution in [0, 0.1) is 0 Å². The van der Waals surface area contributed by atoms with Crippen LogP contribution in [0.3, 0.4) is 0 Å². The van der Waals surface area contributed by atoms with E-state index in [1.54, 1.807) is 12.3 Å². The minimum absolute atomic E-state index is 0.0254. The van der Waals surface area contributed by atoms with Crippen molar-refractivity contribution in [2.45, 2.75) is 50.0 Å². The molecule has 5 unspecified atom stereocenters. The summed E-state index contributed by atoms with van der Waals surface area (Å²) in [5.41, 5.74) is 12.0. The molecule has 13 nitrogen and oxygen atoms in total. The number of carbonyl (C=O) groups is 5. The van der Waals surface area contributed by atoms with Crippen LogP contribution in [0.5, 0.6) is 0 Å². The summed E-state index contributed by atoms with van der Waals surface area (Å²) in [4.78, 5) is 63.5. The van der Waals surface area contributed by atoms with Gasteiger partial charge in [0.15, 0.2) is 0 Å². The number of aliphatic hydroxyl groups is 1. The van der Waals surface area contributed by atoms with Crippen molar-refractivity contribution in [1.82, 2.24) is 20.9 Å². The van der Waals surface area contributed by atoms with Gasteiger partial charge >= 0.3 is 5.97 Å². The Balaban J connectivity index is 2.08. The first kappa shape index (κ1) is 28.6. The highest BCUT2D eigenvalue weighted by Gasteiger charge is 2.32. The van der Waals surface area contributed by atoms with Crippen LogP contribution in [-0.2, 0) is 30.4 Å². The number of hydrogen-bond acceptors (Lipinski definition) is 8. The number of H-pyrrole nitrogens is 1. The lowest BCUT2D eigenvalue weighted by Gasteiger charge is -2.25. The van der Waals surface area contributed by atoms with Crippen LogP contribution < -0.4 is 27.4 Å². The van der Waals surface area contributed by atoms with Gasteiger partial charge in [-0.05, 0) is 18.6 Å². The van der Waals surface area contributed by atoms with Gasteiger partial charge in [0.2, 0.25) is 23.6 Å². The summed E-state index contributed by atoms with van der Waals surface area (Å²) < 4.78 is 0. The Morgan fingerprint density at radius 2 is 1.67 bits per heavy atom. The Hall–Kier alpha value is -3.62. The van der Waals surface area contributed by atoms with Gasteiger partial charge in [-0.3, -0.25) is 19.2 Å². The molecule has 1 aromatic carbocycles.